The normalized spacial score (nSPS) is 16.7. The Morgan fingerprint density at radius 2 is 1.72 bits per heavy atom. The maximum Gasteiger partial charge on any atom is 0.326 e. The summed E-state index contributed by atoms with van der Waals surface area (Å²) in [7, 11) is 0. The van der Waals surface area contributed by atoms with Gasteiger partial charge in [-0.25, -0.2) is 9.78 Å². The molecule has 0 radical (unpaired) electrons. The first-order chi connectivity index (χ1) is 15.0. The van der Waals surface area contributed by atoms with Gasteiger partial charge in [0.1, 0.15) is 18.1 Å². The number of aromatic amines is 1. The number of carbonyl (C=O) groups excluding carboxylic acids is 3. The van der Waals surface area contributed by atoms with Crippen molar-refractivity contribution in [3.8, 4) is 0 Å². The minimum absolute atomic E-state index is 0.0747. The Hall–Kier alpha value is -2.64. The van der Waals surface area contributed by atoms with Crippen LogP contribution >= 0.6 is 12.6 Å². The molecule has 6 atom stereocenters. The molecular weight excluding hydrogens is 440 g/mol. The van der Waals surface area contributed by atoms with Crippen LogP contribution in [0.25, 0.3) is 0 Å². The van der Waals surface area contributed by atoms with Crippen molar-refractivity contribution < 1.29 is 29.4 Å². The van der Waals surface area contributed by atoms with Gasteiger partial charge in [0.15, 0.2) is 0 Å². The number of carbonyl (C=O) groups is 4. The molecule has 0 saturated heterocycles. The summed E-state index contributed by atoms with van der Waals surface area (Å²) in [5, 5.41) is 26.8. The molecule has 1 heterocycles. The highest BCUT2D eigenvalue weighted by atomic mass is 32.1. The highest BCUT2D eigenvalue weighted by molar-refractivity contribution is 7.80. The summed E-state index contributed by atoms with van der Waals surface area (Å²) < 4.78 is 0. The standard InChI is InChI=1S/C19H32N6O6S/c1-4-9(2)14(24-16(27)12(20)7-32)17(28)25-15(10(3)26)18(29)23-13(19(30)31)5-11-6-21-8-22-11/h6,8-10,12-15,26,32H,4-5,7,20H2,1-3H3,(H,21,22)(H,23,29)(H,24,27)(H,25,28)(H,30,31). The van der Waals surface area contributed by atoms with Crippen molar-refractivity contribution in [3.05, 3.63) is 18.2 Å². The number of aliphatic hydroxyl groups excluding tert-OH is 1. The number of carboxylic acids is 1. The van der Waals surface area contributed by atoms with Gasteiger partial charge in [0.25, 0.3) is 0 Å². The van der Waals surface area contributed by atoms with Crippen molar-refractivity contribution in [3.63, 3.8) is 0 Å². The van der Waals surface area contributed by atoms with Gasteiger partial charge >= 0.3 is 5.97 Å². The molecule has 180 valence electrons. The fourth-order valence-corrected chi connectivity index (χ4v) is 2.94. The van der Waals surface area contributed by atoms with Gasteiger partial charge in [-0.05, 0) is 12.8 Å². The van der Waals surface area contributed by atoms with Crippen LogP contribution < -0.4 is 21.7 Å². The molecule has 32 heavy (non-hydrogen) atoms. The average molecular weight is 473 g/mol. The molecule has 0 bridgehead atoms. The fourth-order valence-electron chi connectivity index (χ4n) is 2.77. The largest absolute Gasteiger partial charge is 0.480 e. The van der Waals surface area contributed by atoms with Crippen LogP contribution in [0.2, 0.25) is 0 Å². The summed E-state index contributed by atoms with van der Waals surface area (Å²) >= 11 is 3.97. The lowest BCUT2D eigenvalue weighted by Crippen LogP contribution is -2.61. The van der Waals surface area contributed by atoms with Crippen molar-refractivity contribution in [1.82, 2.24) is 25.9 Å². The number of imidazole rings is 1. The number of H-pyrrole nitrogens is 1. The third-order valence-electron chi connectivity index (χ3n) is 4.98. The number of aliphatic hydroxyl groups is 1. The first kappa shape index (κ1) is 27.4. The van der Waals surface area contributed by atoms with Crippen LogP contribution in [0.1, 0.15) is 32.9 Å². The lowest BCUT2D eigenvalue weighted by atomic mass is 9.97. The Morgan fingerprint density at radius 3 is 2.19 bits per heavy atom. The molecule has 1 aromatic heterocycles. The summed E-state index contributed by atoms with van der Waals surface area (Å²) in [4.78, 5) is 55.9. The van der Waals surface area contributed by atoms with Crippen LogP contribution in [-0.4, -0.2) is 79.9 Å². The number of nitrogens with one attached hydrogen (secondary N) is 4. The summed E-state index contributed by atoms with van der Waals surface area (Å²) in [5.74, 6) is -3.71. The number of thiol groups is 1. The van der Waals surface area contributed by atoms with Crippen molar-refractivity contribution >= 4 is 36.3 Å². The third kappa shape index (κ3) is 8.13. The van der Waals surface area contributed by atoms with E-state index in [4.69, 9.17) is 5.73 Å². The molecule has 0 spiro atoms. The minimum Gasteiger partial charge on any atom is -0.480 e. The number of nitrogens with zero attached hydrogens (tertiary/aromatic N) is 1. The molecule has 3 amide bonds. The predicted octanol–water partition coefficient (Wildman–Crippen LogP) is -1.82. The molecule has 0 aliphatic rings. The highest BCUT2D eigenvalue weighted by Gasteiger charge is 2.34. The van der Waals surface area contributed by atoms with E-state index in [-0.39, 0.29) is 18.1 Å². The summed E-state index contributed by atoms with van der Waals surface area (Å²) in [5.41, 5.74) is 6.14. The third-order valence-corrected chi connectivity index (χ3v) is 5.38. The van der Waals surface area contributed by atoms with Gasteiger partial charge in [0, 0.05) is 24.1 Å². The number of amides is 3. The lowest BCUT2D eigenvalue weighted by molar-refractivity contribution is -0.143. The number of rotatable bonds is 13. The second kappa shape index (κ2) is 13.0. The quantitative estimate of drug-likeness (QED) is 0.153. The molecular formula is C19H32N6O6S. The topological polar surface area (TPSA) is 200 Å². The number of nitrogens with two attached hydrogens (primary N) is 1. The van der Waals surface area contributed by atoms with Gasteiger partial charge in [-0.2, -0.15) is 12.6 Å². The smallest absolute Gasteiger partial charge is 0.326 e. The van der Waals surface area contributed by atoms with Crippen molar-refractivity contribution in [2.45, 2.75) is 63.9 Å². The van der Waals surface area contributed by atoms with E-state index in [0.717, 1.165) is 0 Å². The van der Waals surface area contributed by atoms with Crippen molar-refractivity contribution in [2.75, 3.05) is 5.75 Å². The van der Waals surface area contributed by atoms with E-state index in [9.17, 15) is 29.4 Å². The van der Waals surface area contributed by atoms with Gasteiger partial charge in [0.05, 0.1) is 18.5 Å². The van der Waals surface area contributed by atoms with Gasteiger partial charge in [-0.3, -0.25) is 14.4 Å². The van der Waals surface area contributed by atoms with Crippen LogP contribution in [0, 0.1) is 5.92 Å². The molecule has 8 N–H and O–H groups in total. The average Bonchev–Trinajstić information content (AvgIpc) is 3.26. The number of carboxylic acid groups (broad SMARTS) is 1. The molecule has 0 aliphatic heterocycles. The molecule has 6 unspecified atom stereocenters. The summed E-state index contributed by atoms with van der Waals surface area (Å²) in [6.07, 6.45) is 1.91. The maximum atomic E-state index is 12.9. The Kier molecular flexibility index (Phi) is 11.2. The fraction of sp³-hybridized carbons (Fsp3) is 0.632. The lowest BCUT2D eigenvalue weighted by Gasteiger charge is -2.28. The molecule has 1 aromatic rings. The zero-order valence-corrected chi connectivity index (χ0v) is 19.1. The first-order valence-electron chi connectivity index (χ1n) is 10.2. The summed E-state index contributed by atoms with van der Waals surface area (Å²) in [6.45, 7) is 4.84. The molecule has 12 nitrogen and oxygen atoms in total. The first-order valence-corrected chi connectivity index (χ1v) is 10.8. The molecule has 0 aliphatic carbocycles. The monoisotopic (exact) mass is 472 g/mol. The highest BCUT2D eigenvalue weighted by Crippen LogP contribution is 2.10. The number of aliphatic carboxylic acids is 1. The van der Waals surface area contributed by atoms with E-state index in [1.807, 2.05) is 6.92 Å². The van der Waals surface area contributed by atoms with Gasteiger partial charge in [0.2, 0.25) is 17.7 Å². The van der Waals surface area contributed by atoms with Crippen LogP contribution in [0.4, 0.5) is 0 Å². The van der Waals surface area contributed by atoms with Gasteiger partial charge in [-0.1, -0.05) is 20.3 Å². The minimum atomic E-state index is -1.45. The summed E-state index contributed by atoms with van der Waals surface area (Å²) in [6, 6.07) is -4.72. The maximum absolute atomic E-state index is 12.9. The predicted molar refractivity (Wildman–Crippen MR) is 119 cm³/mol. The Morgan fingerprint density at radius 1 is 1.12 bits per heavy atom. The number of hydrogen-bond acceptors (Lipinski definition) is 8. The SMILES string of the molecule is CCC(C)C(NC(=O)C(N)CS)C(=O)NC(C(=O)NC(Cc1cnc[nH]1)C(=O)O)C(C)O. The van der Waals surface area contributed by atoms with Gasteiger partial charge in [-0.15, -0.1) is 0 Å². The zero-order chi connectivity index (χ0) is 24.4. The molecule has 0 aromatic carbocycles. The zero-order valence-electron chi connectivity index (χ0n) is 18.2. The molecule has 1 rings (SSSR count). The van der Waals surface area contributed by atoms with Crippen LogP contribution in [-0.2, 0) is 25.6 Å². The molecule has 13 heteroatoms. The van der Waals surface area contributed by atoms with Crippen molar-refractivity contribution in [2.24, 2.45) is 11.7 Å². The number of aromatic nitrogens is 2. The Bertz CT molecular complexity index is 774. The van der Waals surface area contributed by atoms with E-state index >= 15 is 0 Å². The van der Waals surface area contributed by atoms with E-state index < -0.39 is 54.0 Å². The Labute approximate surface area is 191 Å². The van der Waals surface area contributed by atoms with E-state index in [2.05, 4.69) is 38.5 Å². The second-order valence-corrected chi connectivity index (χ2v) is 7.93. The van der Waals surface area contributed by atoms with E-state index in [1.165, 1.54) is 19.4 Å². The van der Waals surface area contributed by atoms with Crippen LogP contribution in [0.15, 0.2) is 12.5 Å². The Balaban J connectivity index is 2.95. The van der Waals surface area contributed by atoms with Crippen LogP contribution in [0.5, 0.6) is 0 Å². The second-order valence-electron chi connectivity index (χ2n) is 7.57. The molecule has 0 saturated carbocycles. The van der Waals surface area contributed by atoms with Gasteiger partial charge < -0.3 is 36.9 Å². The van der Waals surface area contributed by atoms with E-state index in [1.54, 1.807) is 6.92 Å². The number of hydrogen-bond donors (Lipinski definition) is 8. The van der Waals surface area contributed by atoms with Crippen molar-refractivity contribution in [1.29, 1.82) is 0 Å². The molecule has 0 fully saturated rings. The van der Waals surface area contributed by atoms with E-state index in [0.29, 0.717) is 12.1 Å². The van der Waals surface area contributed by atoms with Crippen LogP contribution in [0.3, 0.4) is 0 Å².